The average Bonchev–Trinajstić information content (AvgIpc) is 3.14. The first-order chi connectivity index (χ1) is 12.6. The fourth-order valence-electron chi connectivity index (χ4n) is 3.68. The summed E-state index contributed by atoms with van der Waals surface area (Å²) in [7, 11) is 3.94. The molecule has 1 N–H and O–H groups in total. The van der Waals surface area contributed by atoms with E-state index in [1.807, 2.05) is 30.3 Å². The Kier molecular flexibility index (Phi) is 5.09. The second-order valence-electron chi connectivity index (χ2n) is 7.38. The highest BCUT2D eigenvalue weighted by Gasteiger charge is 2.20. The van der Waals surface area contributed by atoms with E-state index in [1.54, 1.807) is 0 Å². The number of hydrogen-bond acceptors (Lipinski definition) is 5. The quantitative estimate of drug-likeness (QED) is 0.750. The summed E-state index contributed by atoms with van der Waals surface area (Å²) in [5.41, 5.74) is 3.40. The highest BCUT2D eigenvalue weighted by molar-refractivity contribution is 7.17. The Bertz CT molecular complexity index is 885. The van der Waals surface area contributed by atoms with E-state index in [2.05, 4.69) is 50.4 Å². The molecule has 0 aliphatic carbocycles. The van der Waals surface area contributed by atoms with E-state index < -0.39 is 6.10 Å². The Morgan fingerprint density at radius 2 is 2.12 bits per heavy atom. The fourth-order valence-corrected chi connectivity index (χ4v) is 4.64. The highest BCUT2D eigenvalue weighted by atomic mass is 32.1. The lowest BCUT2D eigenvalue weighted by molar-refractivity contribution is 0.133. The maximum atomic E-state index is 10.4. The summed E-state index contributed by atoms with van der Waals surface area (Å²) in [6, 6.07) is 10.7. The number of aliphatic hydroxyl groups is 1. The third-order valence-corrected chi connectivity index (χ3v) is 5.96. The zero-order chi connectivity index (χ0) is 18.1. The zero-order valence-corrected chi connectivity index (χ0v) is 16.2. The molecule has 0 saturated carbocycles. The normalized spacial score (nSPS) is 16.8. The molecule has 5 nitrogen and oxygen atoms in total. The molecule has 0 unspecified atom stereocenters. The minimum atomic E-state index is -0.529. The lowest BCUT2D eigenvalue weighted by Crippen LogP contribution is -2.22. The predicted molar refractivity (Wildman–Crippen MR) is 106 cm³/mol. The molecule has 2 aromatic heterocycles. The lowest BCUT2D eigenvalue weighted by atomic mass is 10.1. The van der Waals surface area contributed by atoms with Gasteiger partial charge >= 0.3 is 0 Å². The topological polar surface area (TPSA) is 44.5 Å². The molecule has 0 fully saturated rings. The number of hydrogen-bond donors (Lipinski definition) is 1. The van der Waals surface area contributed by atoms with Gasteiger partial charge in [0.25, 0.3) is 0 Å². The Hall–Kier alpha value is -1.73. The Labute approximate surface area is 158 Å². The van der Waals surface area contributed by atoms with Crippen LogP contribution in [0.2, 0.25) is 0 Å². The van der Waals surface area contributed by atoms with Gasteiger partial charge in [0.05, 0.1) is 11.4 Å². The lowest BCUT2D eigenvalue weighted by Gasteiger charge is -2.19. The summed E-state index contributed by atoms with van der Waals surface area (Å²) in [4.78, 5) is 4.49. The van der Waals surface area contributed by atoms with Gasteiger partial charge in [-0.25, -0.2) is 0 Å². The van der Waals surface area contributed by atoms with Crippen LogP contribution in [0, 0.1) is 0 Å². The number of thiophene rings is 1. The van der Waals surface area contributed by atoms with Crippen molar-refractivity contribution in [2.24, 2.45) is 0 Å². The second kappa shape index (κ2) is 7.48. The van der Waals surface area contributed by atoms with E-state index in [4.69, 9.17) is 0 Å². The van der Waals surface area contributed by atoms with Crippen LogP contribution in [0.5, 0.6) is 0 Å². The molecule has 0 amide bonds. The van der Waals surface area contributed by atoms with E-state index in [0.717, 1.165) is 38.3 Å². The van der Waals surface area contributed by atoms with Crippen LogP contribution in [0.1, 0.15) is 29.5 Å². The van der Waals surface area contributed by atoms with Crippen molar-refractivity contribution in [2.75, 3.05) is 27.2 Å². The van der Waals surface area contributed by atoms with Crippen molar-refractivity contribution < 1.29 is 5.11 Å². The molecule has 0 radical (unpaired) electrons. The van der Waals surface area contributed by atoms with Crippen molar-refractivity contribution >= 4 is 21.4 Å². The van der Waals surface area contributed by atoms with E-state index >= 15 is 0 Å². The van der Waals surface area contributed by atoms with Gasteiger partial charge in [-0.2, -0.15) is 5.10 Å². The van der Waals surface area contributed by atoms with Crippen molar-refractivity contribution in [1.29, 1.82) is 0 Å². The van der Waals surface area contributed by atoms with Gasteiger partial charge in [0, 0.05) is 37.4 Å². The van der Waals surface area contributed by atoms with E-state index in [9.17, 15) is 5.11 Å². The summed E-state index contributed by atoms with van der Waals surface area (Å²) in [5.74, 6) is 0. The van der Waals surface area contributed by atoms with Gasteiger partial charge < -0.3 is 10.0 Å². The van der Waals surface area contributed by atoms with Crippen LogP contribution >= 0.6 is 11.3 Å². The average molecular weight is 371 g/mol. The number of fused-ring (bicyclic) bond motifs is 2. The Morgan fingerprint density at radius 3 is 2.96 bits per heavy atom. The molecule has 0 saturated heterocycles. The molecule has 3 heterocycles. The van der Waals surface area contributed by atoms with Crippen molar-refractivity contribution in [3.8, 4) is 0 Å². The summed E-state index contributed by atoms with van der Waals surface area (Å²) in [6.45, 7) is 4.44. The van der Waals surface area contributed by atoms with Crippen LogP contribution < -0.4 is 0 Å². The van der Waals surface area contributed by atoms with Crippen LogP contribution in [0.25, 0.3) is 10.1 Å². The minimum Gasteiger partial charge on any atom is -0.385 e. The first-order valence-corrected chi connectivity index (χ1v) is 10.0. The van der Waals surface area contributed by atoms with Gasteiger partial charge in [-0.1, -0.05) is 18.2 Å². The number of nitrogens with zero attached hydrogens (tertiary/aromatic N) is 4. The number of rotatable bonds is 5. The summed E-state index contributed by atoms with van der Waals surface area (Å²) in [6.07, 6.45) is 0.554. The van der Waals surface area contributed by atoms with Crippen LogP contribution in [0.15, 0.2) is 35.7 Å². The summed E-state index contributed by atoms with van der Waals surface area (Å²) < 4.78 is 3.44. The summed E-state index contributed by atoms with van der Waals surface area (Å²) >= 11 is 1.83. The third-order valence-electron chi connectivity index (χ3n) is 4.95. The molecule has 1 aliphatic rings. The van der Waals surface area contributed by atoms with Crippen molar-refractivity contribution in [3.05, 3.63) is 52.7 Å². The number of aromatic nitrogens is 2. The number of benzene rings is 1. The predicted octanol–water partition coefficient (Wildman–Crippen LogP) is 3.10. The van der Waals surface area contributed by atoms with Crippen LogP contribution in [-0.2, 0) is 19.6 Å². The molecule has 0 bridgehead atoms. The van der Waals surface area contributed by atoms with Gasteiger partial charge in [0.2, 0.25) is 0 Å². The Morgan fingerprint density at radius 1 is 1.27 bits per heavy atom. The maximum Gasteiger partial charge on any atom is 0.110 e. The number of aliphatic hydroxyl groups excluding tert-OH is 1. The van der Waals surface area contributed by atoms with Gasteiger partial charge in [-0.3, -0.25) is 9.58 Å². The molecule has 1 atom stereocenters. The highest BCUT2D eigenvalue weighted by Crippen LogP contribution is 2.28. The van der Waals surface area contributed by atoms with Gasteiger partial charge in [0.15, 0.2) is 0 Å². The number of likely N-dealkylation sites (N-methyl/N-ethyl adjacent to an activating group) is 1. The van der Waals surface area contributed by atoms with Crippen molar-refractivity contribution in [1.82, 2.24) is 19.6 Å². The van der Waals surface area contributed by atoms with Gasteiger partial charge in [-0.05, 0) is 49.0 Å². The first-order valence-electron chi connectivity index (χ1n) is 9.17. The standard InChI is InChI=1S/C20H26N4OS/c1-22(2)13-19(25)18-10-16-12-23(8-5-9-24(16)21-18)11-15-14-26-20-7-4-3-6-17(15)20/h3-4,6-7,10,14,19,25H,5,8-9,11-13H2,1-2H3/t19-/m1/s1. The molecule has 4 rings (SSSR count). The van der Waals surface area contributed by atoms with Gasteiger partial charge in [-0.15, -0.1) is 11.3 Å². The smallest absolute Gasteiger partial charge is 0.110 e. The van der Waals surface area contributed by atoms with Crippen LogP contribution in [0.4, 0.5) is 0 Å². The molecule has 138 valence electrons. The van der Waals surface area contributed by atoms with E-state index in [1.165, 1.54) is 21.3 Å². The molecular weight excluding hydrogens is 344 g/mol. The largest absolute Gasteiger partial charge is 0.385 e. The maximum absolute atomic E-state index is 10.4. The van der Waals surface area contributed by atoms with Crippen LogP contribution in [0.3, 0.4) is 0 Å². The second-order valence-corrected chi connectivity index (χ2v) is 8.29. The zero-order valence-electron chi connectivity index (χ0n) is 15.4. The molecule has 0 spiro atoms. The van der Waals surface area contributed by atoms with Crippen LogP contribution in [-0.4, -0.2) is 51.9 Å². The van der Waals surface area contributed by atoms with E-state index in [0.29, 0.717) is 6.54 Å². The third kappa shape index (κ3) is 3.69. The molecule has 26 heavy (non-hydrogen) atoms. The number of aryl methyl sites for hydroxylation is 1. The van der Waals surface area contributed by atoms with E-state index in [-0.39, 0.29) is 0 Å². The Balaban J connectivity index is 1.51. The molecule has 1 aromatic carbocycles. The molecule has 1 aliphatic heterocycles. The monoisotopic (exact) mass is 370 g/mol. The first kappa shape index (κ1) is 17.7. The molecule has 3 aromatic rings. The molecular formula is C20H26N4OS. The minimum absolute atomic E-state index is 0.529. The molecule has 6 heteroatoms. The van der Waals surface area contributed by atoms with Crippen molar-refractivity contribution in [2.45, 2.75) is 32.2 Å². The summed E-state index contributed by atoms with van der Waals surface area (Å²) in [5, 5.41) is 18.7. The van der Waals surface area contributed by atoms with Gasteiger partial charge in [0.1, 0.15) is 6.10 Å². The SMILES string of the molecule is CN(C)C[C@@H](O)c1cc2n(n1)CCCN(Cc1csc3ccccc13)C2. The van der Waals surface area contributed by atoms with Crippen molar-refractivity contribution in [3.63, 3.8) is 0 Å². The fraction of sp³-hybridized carbons (Fsp3) is 0.450.